The van der Waals surface area contributed by atoms with Crippen molar-refractivity contribution in [3.05, 3.63) is 53.1 Å². The lowest BCUT2D eigenvalue weighted by molar-refractivity contribution is -0.120. The highest BCUT2D eigenvalue weighted by Crippen LogP contribution is 2.27. The number of hydrogen-bond donors (Lipinski definition) is 3. The first-order valence-electron chi connectivity index (χ1n) is 8.65. The maximum atomic E-state index is 12.2. The van der Waals surface area contributed by atoms with E-state index in [1.54, 1.807) is 18.2 Å². The number of benzene rings is 2. The van der Waals surface area contributed by atoms with Gasteiger partial charge in [0.15, 0.2) is 11.5 Å². The lowest BCUT2D eigenvalue weighted by Gasteiger charge is -2.13. The second-order valence-electron chi connectivity index (χ2n) is 5.97. The van der Waals surface area contributed by atoms with Gasteiger partial charge in [0.1, 0.15) is 0 Å². The number of carbonyl (C=O) groups excluding carboxylic acids is 2. The molecule has 0 aliphatic rings. The second kappa shape index (κ2) is 9.47. The van der Waals surface area contributed by atoms with E-state index in [-0.39, 0.29) is 12.5 Å². The fourth-order valence-corrected chi connectivity index (χ4v) is 2.51. The number of amides is 2. The Hall–Kier alpha value is -3.22. The number of nitrogens with one attached hydrogen (secondary N) is 3. The predicted octanol–water partition coefficient (Wildman–Crippen LogP) is 2.58. The van der Waals surface area contributed by atoms with Crippen LogP contribution in [0.2, 0.25) is 0 Å². The van der Waals surface area contributed by atoms with Gasteiger partial charge in [-0.25, -0.2) is 0 Å². The van der Waals surface area contributed by atoms with Crippen molar-refractivity contribution < 1.29 is 19.1 Å². The topological polar surface area (TPSA) is 88.7 Å². The van der Waals surface area contributed by atoms with Crippen molar-refractivity contribution in [1.29, 1.82) is 0 Å². The summed E-state index contributed by atoms with van der Waals surface area (Å²) in [6.45, 7) is 6.37. The number of aryl methyl sites for hydroxylation is 2. The van der Waals surface area contributed by atoms with Gasteiger partial charge in [-0.05, 0) is 50.6 Å². The summed E-state index contributed by atoms with van der Waals surface area (Å²) in [4.78, 5) is 24.2. The van der Waals surface area contributed by atoms with Crippen LogP contribution in [0.15, 0.2) is 36.4 Å². The highest BCUT2D eigenvalue weighted by Gasteiger charge is 2.12. The standard InChI is InChI=1S/C20H25N3O4/c1-5-27-17-9-7-15(11-18(17)26-4)20(25)23-22-19(24)12-21-16-8-6-13(2)10-14(16)3/h6-11,21H,5,12H2,1-4H3,(H,22,24)(H,23,25). The smallest absolute Gasteiger partial charge is 0.269 e. The molecule has 0 aliphatic carbocycles. The van der Waals surface area contributed by atoms with E-state index in [1.807, 2.05) is 39.0 Å². The molecule has 0 spiro atoms. The van der Waals surface area contributed by atoms with E-state index in [0.29, 0.717) is 23.7 Å². The molecule has 2 amide bonds. The summed E-state index contributed by atoms with van der Waals surface area (Å²) >= 11 is 0. The van der Waals surface area contributed by atoms with Gasteiger partial charge in [0.2, 0.25) is 0 Å². The van der Waals surface area contributed by atoms with Gasteiger partial charge in [0.25, 0.3) is 11.8 Å². The van der Waals surface area contributed by atoms with Gasteiger partial charge in [-0.2, -0.15) is 0 Å². The molecule has 0 aliphatic heterocycles. The second-order valence-corrected chi connectivity index (χ2v) is 5.97. The monoisotopic (exact) mass is 371 g/mol. The normalized spacial score (nSPS) is 10.1. The zero-order valence-corrected chi connectivity index (χ0v) is 16.0. The number of methoxy groups -OCH3 is 1. The summed E-state index contributed by atoms with van der Waals surface area (Å²) in [5.41, 5.74) is 8.19. The van der Waals surface area contributed by atoms with Crippen LogP contribution < -0.4 is 25.6 Å². The molecule has 2 rings (SSSR count). The third-order valence-corrected chi connectivity index (χ3v) is 3.86. The highest BCUT2D eigenvalue weighted by molar-refractivity contribution is 5.96. The Morgan fingerprint density at radius 3 is 2.44 bits per heavy atom. The molecule has 7 heteroatoms. The van der Waals surface area contributed by atoms with Crippen LogP contribution in [0.3, 0.4) is 0 Å². The molecule has 0 bridgehead atoms. The summed E-state index contributed by atoms with van der Waals surface area (Å²) in [6, 6.07) is 10.7. The SMILES string of the molecule is CCOc1ccc(C(=O)NNC(=O)CNc2ccc(C)cc2C)cc1OC. The molecule has 0 unspecified atom stereocenters. The van der Waals surface area contributed by atoms with Crippen molar-refractivity contribution in [3.63, 3.8) is 0 Å². The number of carbonyl (C=O) groups is 2. The molecule has 144 valence electrons. The van der Waals surface area contributed by atoms with E-state index in [1.165, 1.54) is 7.11 Å². The first-order valence-corrected chi connectivity index (χ1v) is 8.65. The fraction of sp³-hybridized carbons (Fsp3) is 0.300. The summed E-state index contributed by atoms with van der Waals surface area (Å²) in [6.07, 6.45) is 0. The van der Waals surface area contributed by atoms with E-state index in [4.69, 9.17) is 9.47 Å². The molecule has 2 aromatic rings. The maximum absolute atomic E-state index is 12.2. The van der Waals surface area contributed by atoms with Gasteiger partial charge in [-0.1, -0.05) is 17.7 Å². The molecule has 0 radical (unpaired) electrons. The Labute approximate surface area is 159 Å². The molecular weight excluding hydrogens is 346 g/mol. The maximum Gasteiger partial charge on any atom is 0.269 e. The van der Waals surface area contributed by atoms with Crippen molar-refractivity contribution in [1.82, 2.24) is 10.9 Å². The molecule has 0 saturated carbocycles. The zero-order valence-electron chi connectivity index (χ0n) is 16.0. The highest BCUT2D eigenvalue weighted by atomic mass is 16.5. The van der Waals surface area contributed by atoms with Crippen molar-refractivity contribution in [2.24, 2.45) is 0 Å². The molecule has 0 aromatic heterocycles. The Bertz CT molecular complexity index is 821. The lowest BCUT2D eigenvalue weighted by atomic mass is 10.1. The largest absolute Gasteiger partial charge is 0.493 e. The summed E-state index contributed by atoms with van der Waals surface area (Å²) in [7, 11) is 1.50. The van der Waals surface area contributed by atoms with E-state index in [9.17, 15) is 9.59 Å². The van der Waals surface area contributed by atoms with Gasteiger partial charge in [-0.3, -0.25) is 20.4 Å². The number of hydrazine groups is 1. The van der Waals surface area contributed by atoms with Crippen LogP contribution >= 0.6 is 0 Å². The third kappa shape index (κ3) is 5.64. The molecule has 0 saturated heterocycles. The number of ether oxygens (including phenoxy) is 2. The predicted molar refractivity (Wildman–Crippen MR) is 104 cm³/mol. The number of hydrogen-bond acceptors (Lipinski definition) is 5. The lowest BCUT2D eigenvalue weighted by Crippen LogP contribution is -2.44. The van der Waals surface area contributed by atoms with E-state index in [0.717, 1.165) is 16.8 Å². The van der Waals surface area contributed by atoms with Gasteiger partial charge < -0.3 is 14.8 Å². The van der Waals surface area contributed by atoms with E-state index >= 15 is 0 Å². The molecule has 0 heterocycles. The minimum absolute atomic E-state index is 0.0385. The van der Waals surface area contributed by atoms with Crippen molar-refractivity contribution >= 4 is 17.5 Å². The van der Waals surface area contributed by atoms with Gasteiger partial charge in [0, 0.05) is 11.3 Å². The average Bonchev–Trinajstić information content (AvgIpc) is 2.66. The summed E-state index contributed by atoms with van der Waals surface area (Å²) < 4.78 is 10.6. The molecule has 0 atom stereocenters. The quantitative estimate of drug-likeness (QED) is 0.651. The minimum Gasteiger partial charge on any atom is -0.493 e. The van der Waals surface area contributed by atoms with Crippen LogP contribution in [0.25, 0.3) is 0 Å². The van der Waals surface area contributed by atoms with Crippen LogP contribution in [-0.2, 0) is 4.79 Å². The van der Waals surface area contributed by atoms with Crippen LogP contribution in [0.5, 0.6) is 11.5 Å². The molecule has 3 N–H and O–H groups in total. The number of rotatable bonds is 7. The molecular formula is C20H25N3O4. The Balaban J connectivity index is 1.88. The molecule has 7 nitrogen and oxygen atoms in total. The molecule has 27 heavy (non-hydrogen) atoms. The Kier molecular flexibility index (Phi) is 7.05. The first kappa shape index (κ1) is 20.1. The summed E-state index contributed by atoms with van der Waals surface area (Å²) in [5, 5.41) is 3.04. The summed E-state index contributed by atoms with van der Waals surface area (Å²) in [5.74, 6) is 0.197. The van der Waals surface area contributed by atoms with Crippen molar-refractivity contribution in [2.75, 3.05) is 25.6 Å². The van der Waals surface area contributed by atoms with Crippen LogP contribution in [0, 0.1) is 13.8 Å². The average molecular weight is 371 g/mol. The molecule has 2 aromatic carbocycles. The van der Waals surface area contributed by atoms with Crippen LogP contribution in [0.4, 0.5) is 5.69 Å². The fourth-order valence-electron chi connectivity index (χ4n) is 2.51. The Morgan fingerprint density at radius 1 is 1.00 bits per heavy atom. The molecule has 0 fully saturated rings. The minimum atomic E-state index is -0.448. The van der Waals surface area contributed by atoms with Gasteiger partial charge >= 0.3 is 0 Å². The van der Waals surface area contributed by atoms with Crippen LogP contribution in [0.1, 0.15) is 28.4 Å². The van der Waals surface area contributed by atoms with Crippen LogP contribution in [-0.4, -0.2) is 32.1 Å². The first-order chi connectivity index (χ1) is 12.9. The third-order valence-electron chi connectivity index (χ3n) is 3.86. The van der Waals surface area contributed by atoms with Crippen molar-refractivity contribution in [3.8, 4) is 11.5 Å². The van der Waals surface area contributed by atoms with Gasteiger partial charge in [0.05, 0.1) is 20.3 Å². The number of anilines is 1. The van der Waals surface area contributed by atoms with Gasteiger partial charge in [-0.15, -0.1) is 0 Å². The van der Waals surface area contributed by atoms with E-state index < -0.39 is 5.91 Å². The Morgan fingerprint density at radius 2 is 1.78 bits per heavy atom. The zero-order chi connectivity index (χ0) is 19.8. The van der Waals surface area contributed by atoms with Crippen molar-refractivity contribution in [2.45, 2.75) is 20.8 Å². The van der Waals surface area contributed by atoms with E-state index in [2.05, 4.69) is 16.2 Å².